The zero-order valence-electron chi connectivity index (χ0n) is 11.9. The van der Waals surface area contributed by atoms with Crippen LogP contribution in [0.5, 0.6) is 0 Å². The van der Waals surface area contributed by atoms with Crippen molar-refractivity contribution >= 4 is 0 Å². The Morgan fingerprint density at radius 1 is 1.06 bits per heavy atom. The van der Waals surface area contributed by atoms with Crippen LogP contribution in [0.4, 0.5) is 0 Å². The van der Waals surface area contributed by atoms with Crippen molar-refractivity contribution in [2.24, 2.45) is 11.7 Å². The van der Waals surface area contributed by atoms with Gasteiger partial charge in [0.15, 0.2) is 0 Å². The first kappa shape index (κ1) is 16.8. The number of nitrogens with zero attached hydrogens (tertiary/aromatic N) is 1. The molecule has 0 aliphatic rings. The summed E-state index contributed by atoms with van der Waals surface area (Å²) >= 11 is 0. The van der Waals surface area contributed by atoms with Gasteiger partial charge in [-0.2, -0.15) is 0 Å². The Morgan fingerprint density at radius 3 is 2.24 bits per heavy atom. The van der Waals surface area contributed by atoms with Crippen LogP contribution in [0.1, 0.15) is 26.7 Å². The van der Waals surface area contributed by atoms with E-state index >= 15 is 0 Å². The Hall–Kier alpha value is -0.160. The van der Waals surface area contributed by atoms with Gasteiger partial charge in [0.1, 0.15) is 0 Å². The molecule has 0 aromatic rings. The van der Waals surface area contributed by atoms with Gasteiger partial charge in [-0.25, -0.2) is 0 Å². The van der Waals surface area contributed by atoms with Crippen molar-refractivity contribution in [3.63, 3.8) is 0 Å². The van der Waals surface area contributed by atoms with Crippen LogP contribution in [0.2, 0.25) is 0 Å². The minimum atomic E-state index is 0.259. The largest absolute Gasteiger partial charge is 0.385 e. The number of nitrogens with two attached hydrogens (primary N) is 1. The molecule has 0 fully saturated rings. The number of hydrogen-bond acceptors (Lipinski definition) is 4. The Labute approximate surface area is 106 Å². The lowest BCUT2D eigenvalue weighted by molar-refractivity contribution is 0.127. The summed E-state index contributed by atoms with van der Waals surface area (Å²) in [6.07, 6.45) is 2.13. The van der Waals surface area contributed by atoms with E-state index in [2.05, 4.69) is 18.7 Å². The molecule has 0 rings (SSSR count). The van der Waals surface area contributed by atoms with Gasteiger partial charge in [0, 0.05) is 46.5 Å². The normalized spacial score (nSPS) is 13.6. The lowest BCUT2D eigenvalue weighted by Crippen LogP contribution is -2.40. The summed E-state index contributed by atoms with van der Waals surface area (Å²) in [6, 6.07) is 0.259. The number of ether oxygens (including phenoxy) is 2. The van der Waals surface area contributed by atoms with Crippen LogP contribution in [-0.4, -0.2) is 58.0 Å². The van der Waals surface area contributed by atoms with E-state index < -0.39 is 0 Å². The first-order valence-corrected chi connectivity index (χ1v) is 6.56. The first-order valence-electron chi connectivity index (χ1n) is 6.56. The average Bonchev–Trinajstić information content (AvgIpc) is 2.24. The fourth-order valence-corrected chi connectivity index (χ4v) is 1.96. The van der Waals surface area contributed by atoms with Gasteiger partial charge in [-0.3, -0.25) is 4.90 Å². The lowest BCUT2D eigenvalue weighted by Gasteiger charge is -2.26. The molecule has 0 saturated heterocycles. The Balaban J connectivity index is 3.89. The Bertz CT molecular complexity index is 165. The molecule has 0 radical (unpaired) electrons. The third kappa shape index (κ3) is 10.7. The summed E-state index contributed by atoms with van der Waals surface area (Å²) in [4.78, 5) is 2.37. The zero-order chi connectivity index (χ0) is 13.1. The first-order chi connectivity index (χ1) is 8.10. The standard InChI is InChI=1S/C13H30N2O2/c1-12(2)10-13(14)11-15(7-9-17-4)6-5-8-16-3/h12-13H,5-11,14H2,1-4H3. The number of methoxy groups -OCH3 is 2. The Morgan fingerprint density at radius 2 is 1.71 bits per heavy atom. The molecule has 0 spiro atoms. The van der Waals surface area contributed by atoms with Crippen molar-refractivity contribution in [3.8, 4) is 0 Å². The fraction of sp³-hybridized carbons (Fsp3) is 1.00. The number of rotatable bonds is 11. The summed E-state index contributed by atoms with van der Waals surface area (Å²) in [5.74, 6) is 0.660. The van der Waals surface area contributed by atoms with E-state index in [1.54, 1.807) is 14.2 Å². The summed E-state index contributed by atoms with van der Waals surface area (Å²) in [6.45, 7) is 8.93. The molecule has 0 aliphatic heterocycles. The summed E-state index contributed by atoms with van der Waals surface area (Å²) < 4.78 is 10.2. The molecule has 0 heterocycles. The van der Waals surface area contributed by atoms with Gasteiger partial charge < -0.3 is 15.2 Å². The van der Waals surface area contributed by atoms with Crippen molar-refractivity contribution in [1.29, 1.82) is 0 Å². The second-order valence-corrected chi connectivity index (χ2v) is 5.03. The van der Waals surface area contributed by atoms with E-state index in [9.17, 15) is 0 Å². The minimum absolute atomic E-state index is 0.259. The predicted molar refractivity (Wildman–Crippen MR) is 72.2 cm³/mol. The third-order valence-corrected chi connectivity index (χ3v) is 2.70. The molecule has 0 bridgehead atoms. The van der Waals surface area contributed by atoms with Crippen molar-refractivity contribution in [1.82, 2.24) is 4.90 Å². The molecule has 0 aromatic carbocycles. The van der Waals surface area contributed by atoms with Crippen molar-refractivity contribution in [2.45, 2.75) is 32.7 Å². The van der Waals surface area contributed by atoms with Crippen molar-refractivity contribution < 1.29 is 9.47 Å². The van der Waals surface area contributed by atoms with Crippen LogP contribution < -0.4 is 5.73 Å². The van der Waals surface area contributed by atoms with Gasteiger partial charge in [0.25, 0.3) is 0 Å². The highest BCUT2D eigenvalue weighted by Crippen LogP contribution is 2.05. The molecule has 2 N–H and O–H groups in total. The van der Waals surface area contributed by atoms with Gasteiger partial charge in [-0.15, -0.1) is 0 Å². The number of hydrogen-bond donors (Lipinski definition) is 1. The van der Waals surface area contributed by atoms with E-state index in [0.717, 1.165) is 45.7 Å². The van der Waals surface area contributed by atoms with Gasteiger partial charge in [0.2, 0.25) is 0 Å². The van der Waals surface area contributed by atoms with Gasteiger partial charge >= 0.3 is 0 Å². The monoisotopic (exact) mass is 246 g/mol. The van der Waals surface area contributed by atoms with Crippen LogP contribution in [-0.2, 0) is 9.47 Å². The average molecular weight is 246 g/mol. The van der Waals surface area contributed by atoms with Crippen molar-refractivity contribution in [2.75, 3.05) is 47.1 Å². The highest BCUT2D eigenvalue weighted by Gasteiger charge is 2.11. The molecule has 0 aromatic heterocycles. The molecular weight excluding hydrogens is 216 g/mol. The zero-order valence-corrected chi connectivity index (χ0v) is 11.9. The molecule has 0 saturated carbocycles. The lowest BCUT2D eigenvalue weighted by atomic mass is 10.0. The maximum absolute atomic E-state index is 6.14. The molecule has 17 heavy (non-hydrogen) atoms. The van der Waals surface area contributed by atoms with E-state index in [-0.39, 0.29) is 6.04 Å². The van der Waals surface area contributed by atoms with Crippen LogP contribution >= 0.6 is 0 Å². The predicted octanol–water partition coefficient (Wildman–Crippen LogP) is 1.34. The van der Waals surface area contributed by atoms with Gasteiger partial charge in [-0.1, -0.05) is 13.8 Å². The molecular formula is C13H30N2O2. The highest BCUT2D eigenvalue weighted by molar-refractivity contribution is 4.70. The topological polar surface area (TPSA) is 47.7 Å². The quantitative estimate of drug-likeness (QED) is 0.559. The van der Waals surface area contributed by atoms with Crippen LogP contribution in [0.15, 0.2) is 0 Å². The van der Waals surface area contributed by atoms with Crippen molar-refractivity contribution in [3.05, 3.63) is 0 Å². The smallest absolute Gasteiger partial charge is 0.0589 e. The summed E-state index contributed by atoms with van der Waals surface area (Å²) in [7, 11) is 3.48. The summed E-state index contributed by atoms with van der Waals surface area (Å²) in [5.41, 5.74) is 6.14. The fourth-order valence-electron chi connectivity index (χ4n) is 1.96. The third-order valence-electron chi connectivity index (χ3n) is 2.70. The molecule has 104 valence electrons. The minimum Gasteiger partial charge on any atom is -0.385 e. The second-order valence-electron chi connectivity index (χ2n) is 5.03. The van der Waals surface area contributed by atoms with E-state index in [1.165, 1.54) is 0 Å². The Kier molecular flexibility index (Phi) is 10.9. The summed E-state index contributed by atoms with van der Waals surface area (Å²) in [5, 5.41) is 0. The highest BCUT2D eigenvalue weighted by atomic mass is 16.5. The van der Waals surface area contributed by atoms with E-state index in [1.807, 2.05) is 0 Å². The van der Waals surface area contributed by atoms with E-state index in [0.29, 0.717) is 5.92 Å². The molecule has 1 unspecified atom stereocenters. The van der Waals surface area contributed by atoms with Crippen LogP contribution in [0.25, 0.3) is 0 Å². The molecule has 0 amide bonds. The van der Waals surface area contributed by atoms with E-state index in [4.69, 9.17) is 15.2 Å². The molecule has 4 heteroatoms. The second kappa shape index (κ2) is 11.0. The maximum Gasteiger partial charge on any atom is 0.0589 e. The molecule has 1 atom stereocenters. The molecule has 0 aliphatic carbocycles. The maximum atomic E-state index is 6.14. The van der Waals surface area contributed by atoms with Gasteiger partial charge in [-0.05, 0) is 18.8 Å². The van der Waals surface area contributed by atoms with Crippen LogP contribution in [0.3, 0.4) is 0 Å². The van der Waals surface area contributed by atoms with Gasteiger partial charge in [0.05, 0.1) is 6.61 Å². The van der Waals surface area contributed by atoms with Crippen LogP contribution in [0, 0.1) is 5.92 Å². The molecule has 4 nitrogen and oxygen atoms in total. The SMILES string of the molecule is COCCCN(CCOC)CC(N)CC(C)C.